The fourth-order valence-corrected chi connectivity index (χ4v) is 3.71. The van der Waals surface area contributed by atoms with Crippen molar-refractivity contribution in [1.29, 1.82) is 0 Å². The molecule has 0 fully saturated rings. The van der Waals surface area contributed by atoms with Crippen LogP contribution in [-0.4, -0.2) is 38.1 Å². The number of aryl methyl sites for hydroxylation is 1. The molecule has 0 radical (unpaired) electrons. The van der Waals surface area contributed by atoms with Crippen LogP contribution in [0, 0.1) is 6.92 Å². The highest BCUT2D eigenvalue weighted by molar-refractivity contribution is 7.26. The maximum absolute atomic E-state index is 12.2. The van der Waals surface area contributed by atoms with Crippen molar-refractivity contribution in [3.05, 3.63) is 28.8 Å². The van der Waals surface area contributed by atoms with Gasteiger partial charge in [-0.1, -0.05) is 11.6 Å². The smallest absolute Gasteiger partial charge is 0.325 e. The van der Waals surface area contributed by atoms with Gasteiger partial charge in [-0.05, 0) is 19.9 Å². The molecule has 3 aromatic rings. The lowest BCUT2D eigenvalue weighted by Crippen LogP contribution is -2.38. The molecule has 1 unspecified atom stereocenters. The van der Waals surface area contributed by atoms with Gasteiger partial charge in [0.1, 0.15) is 11.2 Å². The molecule has 3 rings (SSSR count). The lowest BCUT2D eigenvalue weighted by atomic mass is 10.1. The Labute approximate surface area is 144 Å². The Morgan fingerprint density at radius 3 is 2.79 bits per heavy atom. The minimum absolute atomic E-state index is 0.0628. The Morgan fingerprint density at radius 1 is 1.42 bits per heavy atom. The van der Waals surface area contributed by atoms with Crippen LogP contribution < -0.4 is 5.32 Å². The fraction of sp³-hybridized carbons (Fsp3) is 0.200. The van der Waals surface area contributed by atoms with Crippen LogP contribution in [0.4, 0.5) is 0 Å². The number of fused-ring (bicyclic) bond motifs is 3. The molecule has 3 aromatic heterocycles. The number of rotatable bonds is 3. The monoisotopic (exact) mass is 365 g/mol. The number of aromatic hydroxyl groups is 1. The topological polar surface area (TPSA) is 112 Å². The predicted octanol–water partition coefficient (Wildman–Crippen LogP) is 2.71. The SMILES string of the molecule is Cc1cc2c(cn1)sc1c(O)c(C(=O)NC(C)C(=O)O)nc(Cl)c12. The van der Waals surface area contributed by atoms with Gasteiger partial charge in [-0.25, -0.2) is 4.98 Å². The molecule has 0 saturated carbocycles. The number of hydrogen-bond donors (Lipinski definition) is 3. The van der Waals surface area contributed by atoms with Crippen molar-refractivity contribution in [1.82, 2.24) is 15.3 Å². The fourth-order valence-electron chi connectivity index (χ4n) is 2.28. The zero-order valence-electron chi connectivity index (χ0n) is 12.6. The largest absolute Gasteiger partial charge is 0.504 e. The van der Waals surface area contributed by atoms with Gasteiger partial charge in [0.2, 0.25) is 0 Å². The van der Waals surface area contributed by atoms with Crippen LogP contribution in [0.3, 0.4) is 0 Å². The van der Waals surface area contributed by atoms with E-state index in [-0.39, 0.29) is 16.6 Å². The van der Waals surface area contributed by atoms with E-state index in [1.165, 1.54) is 18.3 Å². The molecular weight excluding hydrogens is 354 g/mol. The maximum Gasteiger partial charge on any atom is 0.325 e. The third-order valence-electron chi connectivity index (χ3n) is 3.50. The summed E-state index contributed by atoms with van der Waals surface area (Å²) in [5.74, 6) is -2.33. The molecule has 0 bridgehead atoms. The van der Waals surface area contributed by atoms with Crippen LogP contribution in [0.25, 0.3) is 20.2 Å². The Morgan fingerprint density at radius 2 is 2.12 bits per heavy atom. The number of aliphatic carboxylic acids is 1. The number of hydrogen-bond acceptors (Lipinski definition) is 6. The summed E-state index contributed by atoms with van der Waals surface area (Å²) in [4.78, 5) is 31.2. The van der Waals surface area contributed by atoms with Gasteiger partial charge >= 0.3 is 5.97 Å². The average molecular weight is 366 g/mol. The first kappa shape index (κ1) is 16.4. The minimum atomic E-state index is -1.20. The van der Waals surface area contributed by atoms with Crippen molar-refractivity contribution in [2.45, 2.75) is 19.9 Å². The Balaban J connectivity index is 2.18. The number of amides is 1. The van der Waals surface area contributed by atoms with Crippen molar-refractivity contribution in [3.8, 4) is 5.75 Å². The summed E-state index contributed by atoms with van der Waals surface area (Å²) >= 11 is 7.45. The average Bonchev–Trinajstić information content (AvgIpc) is 2.89. The van der Waals surface area contributed by atoms with Gasteiger partial charge in [-0.2, -0.15) is 0 Å². The third kappa shape index (κ3) is 2.63. The zero-order chi connectivity index (χ0) is 17.6. The second kappa shape index (κ2) is 5.88. The van der Waals surface area contributed by atoms with Crippen LogP contribution in [-0.2, 0) is 4.79 Å². The number of aromatic nitrogens is 2. The summed E-state index contributed by atoms with van der Waals surface area (Å²) in [6.07, 6.45) is 1.66. The zero-order valence-corrected chi connectivity index (χ0v) is 14.2. The van der Waals surface area contributed by atoms with Crippen molar-refractivity contribution < 1.29 is 19.8 Å². The number of nitrogens with zero attached hydrogens (tertiary/aromatic N) is 2. The Hall–Kier alpha value is -2.45. The van der Waals surface area contributed by atoms with Crippen molar-refractivity contribution in [2.24, 2.45) is 0 Å². The number of carbonyl (C=O) groups is 2. The van der Waals surface area contributed by atoms with E-state index in [2.05, 4.69) is 15.3 Å². The van der Waals surface area contributed by atoms with E-state index < -0.39 is 17.9 Å². The third-order valence-corrected chi connectivity index (χ3v) is 4.92. The summed E-state index contributed by atoms with van der Waals surface area (Å²) in [5, 5.41) is 22.9. The van der Waals surface area contributed by atoms with Gasteiger partial charge in [-0.15, -0.1) is 11.3 Å². The van der Waals surface area contributed by atoms with Gasteiger partial charge in [0.25, 0.3) is 5.91 Å². The Bertz CT molecular complexity index is 1000. The molecule has 9 heteroatoms. The van der Waals surface area contributed by atoms with Gasteiger partial charge in [0.15, 0.2) is 11.4 Å². The summed E-state index contributed by atoms with van der Waals surface area (Å²) in [5.41, 5.74) is 0.478. The van der Waals surface area contributed by atoms with Crippen LogP contribution in [0.15, 0.2) is 12.3 Å². The summed E-state index contributed by atoms with van der Waals surface area (Å²) < 4.78 is 1.21. The molecule has 0 saturated heterocycles. The standard InChI is InChI=1S/C15H12ClN3O4S/c1-5-3-7-8(4-17-5)24-12-9(7)13(16)19-10(11(12)20)14(21)18-6(2)15(22)23/h3-4,6,20H,1-2H3,(H,18,21)(H,22,23). The van der Waals surface area contributed by atoms with Crippen LogP contribution in [0.2, 0.25) is 5.15 Å². The van der Waals surface area contributed by atoms with Gasteiger partial charge in [-0.3, -0.25) is 14.6 Å². The van der Waals surface area contributed by atoms with Crippen molar-refractivity contribution in [3.63, 3.8) is 0 Å². The number of nitrogens with one attached hydrogen (secondary N) is 1. The molecule has 24 heavy (non-hydrogen) atoms. The van der Waals surface area contributed by atoms with E-state index >= 15 is 0 Å². The second-order valence-electron chi connectivity index (χ2n) is 5.26. The molecule has 124 valence electrons. The van der Waals surface area contributed by atoms with Gasteiger partial charge in [0, 0.05) is 22.7 Å². The van der Waals surface area contributed by atoms with E-state index in [0.29, 0.717) is 10.1 Å². The van der Waals surface area contributed by atoms with E-state index in [1.54, 1.807) is 6.20 Å². The lowest BCUT2D eigenvalue weighted by Gasteiger charge is -2.10. The maximum atomic E-state index is 12.2. The van der Waals surface area contributed by atoms with Crippen LogP contribution in [0.1, 0.15) is 23.1 Å². The minimum Gasteiger partial charge on any atom is -0.504 e. The predicted molar refractivity (Wildman–Crippen MR) is 90.9 cm³/mol. The van der Waals surface area contributed by atoms with E-state index in [0.717, 1.165) is 15.8 Å². The number of carboxylic acid groups (broad SMARTS) is 1. The van der Waals surface area contributed by atoms with Gasteiger partial charge in [0.05, 0.1) is 9.40 Å². The number of carbonyl (C=O) groups excluding carboxylic acids is 1. The lowest BCUT2D eigenvalue weighted by molar-refractivity contribution is -0.138. The molecule has 1 atom stereocenters. The second-order valence-corrected chi connectivity index (χ2v) is 6.67. The van der Waals surface area contributed by atoms with E-state index in [9.17, 15) is 14.7 Å². The molecule has 0 aliphatic carbocycles. The number of thiophene rings is 1. The quantitative estimate of drug-likeness (QED) is 0.615. The first-order valence-electron chi connectivity index (χ1n) is 6.90. The summed E-state index contributed by atoms with van der Waals surface area (Å²) in [7, 11) is 0. The molecule has 0 aromatic carbocycles. The van der Waals surface area contributed by atoms with Crippen LogP contribution >= 0.6 is 22.9 Å². The molecule has 1 amide bonds. The Kier molecular flexibility index (Phi) is 4.02. The highest BCUT2D eigenvalue weighted by Gasteiger charge is 2.24. The van der Waals surface area contributed by atoms with Crippen molar-refractivity contribution in [2.75, 3.05) is 0 Å². The molecule has 7 nitrogen and oxygen atoms in total. The highest BCUT2D eigenvalue weighted by Crippen LogP contribution is 2.42. The van der Waals surface area contributed by atoms with E-state index in [1.807, 2.05) is 13.0 Å². The molecule has 0 aliphatic heterocycles. The molecule has 3 heterocycles. The first-order valence-corrected chi connectivity index (χ1v) is 8.10. The molecule has 3 N–H and O–H groups in total. The molecule has 0 spiro atoms. The van der Waals surface area contributed by atoms with Crippen LogP contribution in [0.5, 0.6) is 5.75 Å². The number of pyridine rings is 2. The normalized spacial score (nSPS) is 12.5. The number of carboxylic acids is 1. The molecule has 0 aliphatic rings. The highest BCUT2D eigenvalue weighted by atomic mass is 35.5. The summed E-state index contributed by atoms with van der Waals surface area (Å²) in [6, 6.07) is 0.704. The van der Waals surface area contributed by atoms with Gasteiger partial charge < -0.3 is 15.5 Å². The van der Waals surface area contributed by atoms with Crippen molar-refractivity contribution >= 4 is 55.0 Å². The van der Waals surface area contributed by atoms with E-state index in [4.69, 9.17) is 16.7 Å². The summed E-state index contributed by atoms with van der Waals surface area (Å²) in [6.45, 7) is 3.14. The molecular formula is C15H12ClN3O4S. The first-order chi connectivity index (χ1) is 11.3. The number of halogens is 1.